The van der Waals surface area contributed by atoms with E-state index in [1.807, 2.05) is 20.0 Å². The van der Waals surface area contributed by atoms with E-state index in [1.54, 1.807) is 4.90 Å². The van der Waals surface area contributed by atoms with Crippen LogP contribution < -0.4 is 10.2 Å². The smallest absolute Gasteiger partial charge is 0.321 e. The van der Waals surface area contributed by atoms with Crippen LogP contribution in [0, 0.1) is 6.92 Å². The van der Waals surface area contributed by atoms with Crippen molar-refractivity contribution in [2.75, 3.05) is 36.9 Å². The van der Waals surface area contributed by atoms with Gasteiger partial charge in [0.15, 0.2) is 0 Å². The van der Waals surface area contributed by atoms with E-state index < -0.39 is 0 Å². The SMILES string of the molecule is CCCCN(C)C(=O)Nc1ccc(N(CC)CC)cc1C. The first-order valence-electron chi connectivity index (χ1n) is 7.91. The molecule has 2 amide bonds. The van der Waals surface area contributed by atoms with Crippen molar-refractivity contribution in [2.45, 2.75) is 40.5 Å². The van der Waals surface area contributed by atoms with Crippen LogP contribution in [0.15, 0.2) is 18.2 Å². The lowest BCUT2D eigenvalue weighted by Crippen LogP contribution is -2.32. The average molecular weight is 291 g/mol. The molecule has 4 nitrogen and oxygen atoms in total. The molecule has 0 saturated carbocycles. The number of carbonyl (C=O) groups excluding carboxylic acids is 1. The van der Waals surface area contributed by atoms with Gasteiger partial charge < -0.3 is 15.1 Å². The molecule has 0 fully saturated rings. The highest BCUT2D eigenvalue weighted by molar-refractivity contribution is 5.90. The van der Waals surface area contributed by atoms with Crippen LogP contribution in [0.1, 0.15) is 39.2 Å². The van der Waals surface area contributed by atoms with Gasteiger partial charge in [-0.1, -0.05) is 13.3 Å². The van der Waals surface area contributed by atoms with Gasteiger partial charge in [0, 0.05) is 38.1 Å². The number of nitrogens with one attached hydrogen (secondary N) is 1. The molecule has 118 valence electrons. The summed E-state index contributed by atoms with van der Waals surface area (Å²) in [5.74, 6) is 0. The Morgan fingerprint density at radius 2 is 1.86 bits per heavy atom. The van der Waals surface area contributed by atoms with Crippen LogP contribution >= 0.6 is 0 Å². The first kappa shape index (κ1) is 17.3. The molecule has 0 aliphatic carbocycles. The molecule has 1 aromatic carbocycles. The summed E-state index contributed by atoms with van der Waals surface area (Å²) in [6.45, 7) is 11.2. The number of carbonyl (C=O) groups is 1. The Balaban J connectivity index is 2.74. The maximum Gasteiger partial charge on any atom is 0.321 e. The fraction of sp³-hybridized carbons (Fsp3) is 0.588. The topological polar surface area (TPSA) is 35.6 Å². The predicted molar refractivity (Wildman–Crippen MR) is 91.3 cm³/mol. The summed E-state index contributed by atoms with van der Waals surface area (Å²) in [4.78, 5) is 16.1. The largest absolute Gasteiger partial charge is 0.372 e. The number of hydrogen-bond acceptors (Lipinski definition) is 2. The molecular weight excluding hydrogens is 262 g/mol. The molecule has 0 heterocycles. The molecule has 0 bridgehead atoms. The molecule has 4 heteroatoms. The molecule has 0 atom stereocenters. The lowest BCUT2D eigenvalue weighted by Gasteiger charge is -2.23. The third-order valence-corrected chi connectivity index (χ3v) is 3.77. The van der Waals surface area contributed by atoms with Gasteiger partial charge in [-0.3, -0.25) is 0 Å². The van der Waals surface area contributed by atoms with Crippen LogP contribution in [-0.4, -0.2) is 37.6 Å². The first-order valence-corrected chi connectivity index (χ1v) is 7.91. The van der Waals surface area contributed by atoms with Crippen LogP contribution in [0.3, 0.4) is 0 Å². The minimum absolute atomic E-state index is 0.0397. The molecule has 0 unspecified atom stereocenters. The van der Waals surface area contributed by atoms with E-state index in [0.717, 1.165) is 43.7 Å². The second-order valence-electron chi connectivity index (χ2n) is 5.38. The van der Waals surface area contributed by atoms with E-state index in [-0.39, 0.29) is 6.03 Å². The molecule has 0 aromatic heterocycles. The van der Waals surface area contributed by atoms with Gasteiger partial charge in [0.1, 0.15) is 0 Å². The Hall–Kier alpha value is -1.71. The van der Waals surface area contributed by atoms with Gasteiger partial charge in [-0.05, 0) is 51.0 Å². The summed E-state index contributed by atoms with van der Waals surface area (Å²) in [5, 5.41) is 2.99. The molecule has 21 heavy (non-hydrogen) atoms. The van der Waals surface area contributed by atoms with E-state index in [9.17, 15) is 4.79 Å². The van der Waals surface area contributed by atoms with E-state index in [2.05, 4.69) is 43.1 Å². The molecule has 0 aliphatic rings. The summed E-state index contributed by atoms with van der Waals surface area (Å²) in [6.07, 6.45) is 2.12. The molecule has 0 aliphatic heterocycles. The monoisotopic (exact) mass is 291 g/mol. The van der Waals surface area contributed by atoms with Crippen molar-refractivity contribution >= 4 is 17.4 Å². The number of nitrogens with zero attached hydrogens (tertiary/aromatic N) is 2. The van der Waals surface area contributed by atoms with Crippen molar-refractivity contribution in [2.24, 2.45) is 0 Å². The lowest BCUT2D eigenvalue weighted by molar-refractivity contribution is 0.222. The zero-order chi connectivity index (χ0) is 15.8. The van der Waals surface area contributed by atoms with Crippen molar-refractivity contribution in [3.8, 4) is 0 Å². The summed E-state index contributed by atoms with van der Waals surface area (Å²) < 4.78 is 0. The van der Waals surface area contributed by atoms with Gasteiger partial charge in [-0.15, -0.1) is 0 Å². The summed E-state index contributed by atoms with van der Waals surface area (Å²) in [5.41, 5.74) is 3.19. The second-order valence-corrected chi connectivity index (χ2v) is 5.38. The van der Waals surface area contributed by atoms with Gasteiger partial charge in [0.05, 0.1) is 0 Å². The molecule has 1 N–H and O–H groups in total. The average Bonchev–Trinajstić information content (AvgIpc) is 2.48. The van der Waals surface area contributed by atoms with E-state index in [0.29, 0.717) is 0 Å². The fourth-order valence-electron chi connectivity index (χ4n) is 2.28. The van der Waals surface area contributed by atoms with Crippen molar-refractivity contribution in [1.82, 2.24) is 4.90 Å². The zero-order valence-corrected chi connectivity index (χ0v) is 14.1. The Labute approximate surface area is 129 Å². The van der Waals surface area contributed by atoms with Crippen LogP contribution in [-0.2, 0) is 0 Å². The molecule has 0 spiro atoms. The molecular formula is C17H29N3O. The number of urea groups is 1. The molecule has 1 rings (SSSR count). The number of hydrogen-bond donors (Lipinski definition) is 1. The highest BCUT2D eigenvalue weighted by Crippen LogP contribution is 2.22. The van der Waals surface area contributed by atoms with Crippen LogP contribution in [0.4, 0.5) is 16.2 Å². The van der Waals surface area contributed by atoms with Crippen molar-refractivity contribution < 1.29 is 4.79 Å². The van der Waals surface area contributed by atoms with E-state index >= 15 is 0 Å². The lowest BCUT2D eigenvalue weighted by atomic mass is 10.1. The standard InChI is InChI=1S/C17H29N3O/c1-6-9-12-19(5)17(21)18-16-11-10-15(13-14(16)4)20(7-2)8-3/h10-11,13H,6-9,12H2,1-5H3,(H,18,21). The van der Waals surface area contributed by atoms with Gasteiger partial charge in [0.25, 0.3) is 0 Å². The number of amides is 2. The van der Waals surface area contributed by atoms with E-state index in [4.69, 9.17) is 0 Å². The van der Waals surface area contributed by atoms with E-state index in [1.165, 1.54) is 5.69 Å². The summed E-state index contributed by atoms with van der Waals surface area (Å²) in [6, 6.07) is 6.16. The minimum atomic E-state index is -0.0397. The van der Waals surface area contributed by atoms with Crippen molar-refractivity contribution in [3.63, 3.8) is 0 Å². The quantitative estimate of drug-likeness (QED) is 0.820. The number of benzene rings is 1. The van der Waals surface area contributed by atoms with Gasteiger partial charge in [0.2, 0.25) is 0 Å². The number of aryl methyl sites for hydroxylation is 1. The highest BCUT2D eigenvalue weighted by atomic mass is 16.2. The van der Waals surface area contributed by atoms with Gasteiger partial charge in [-0.25, -0.2) is 4.79 Å². The van der Waals surface area contributed by atoms with Crippen molar-refractivity contribution in [1.29, 1.82) is 0 Å². The summed E-state index contributed by atoms with van der Waals surface area (Å²) >= 11 is 0. The summed E-state index contributed by atoms with van der Waals surface area (Å²) in [7, 11) is 1.84. The zero-order valence-electron chi connectivity index (χ0n) is 14.1. The Kier molecular flexibility index (Phi) is 7.06. The molecule has 0 radical (unpaired) electrons. The highest BCUT2D eigenvalue weighted by Gasteiger charge is 2.10. The molecule has 0 saturated heterocycles. The molecule has 1 aromatic rings. The third-order valence-electron chi connectivity index (χ3n) is 3.77. The fourth-order valence-corrected chi connectivity index (χ4v) is 2.28. The van der Waals surface area contributed by atoms with Crippen molar-refractivity contribution in [3.05, 3.63) is 23.8 Å². The minimum Gasteiger partial charge on any atom is -0.372 e. The maximum absolute atomic E-state index is 12.1. The van der Waals surface area contributed by atoms with Crippen LogP contribution in [0.2, 0.25) is 0 Å². The number of rotatable bonds is 7. The van der Waals surface area contributed by atoms with Gasteiger partial charge in [-0.2, -0.15) is 0 Å². The Bertz CT molecular complexity index is 455. The number of anilines is 2. The second kappa shape index (κ2) is 8.55. The maximum atomic E-state index is 12.1. The van der Waals surface area contributed by atoms with Gasteiger partial charge >= 0.3 is 6.03 Å². The number of unbranched alkanes of at least 4 members (excludes halogenated alkanes) is 1. The first-order chi connectivity index (χ1) is 10.0. The normalized spacial score (nSPS) is 10.3. The third kappa shape index (κ3) is 4.96. The predicted octanol–water partition coefficient (Wildman–Crippen LogP) is 4.11. The van der Waals surface area contributed by atoms with Crippen LogP contribution in [0.5, 0.6) is 0 Å². The van der Waals surface area contributed by atoms with Crippen LogP contribution in [0.25, 0.3) is 0 Å². The Morgan fingerprint density at radius 3 is 2.38 bits per heavy atom. The Morgan fingerprint density at radius 1 is 1.19 bits per heavy atom.